The number of hydrogen-bond donors (Lipinski definition) is 11. The van der Waals surface area contributed by atoms with Gasteiger partial charge in [0.2, 0.25) is 0 Å². The molecule has 15 atom stereocenters. The number of carbonyl (C=O) groups excluding carboxylic acids is 1. The van der Waals surface area contributed by atoms with Gasteiger partial charge in [0.25, 0.3) is 5.91 Å². The fourth-order valence-electron chi connectivity index (χ4n) is 6.91. The van der Waals surface area contributed by atoms with Gasteiger partial charge in [-0.25, -0.2) is 0 Å². The Morgan fingerprint density at radius 2 is 1.61 bits per heavy atom. The molecule has 2 heterocycles. The van der Waals surface area contributed by atoms with Gasteiger partial charge in [-0.3, -0.25) is 9.79 Å². The van der Waals surface area contributed by atoms with Crippen LogP contribution in [0.15, 0.2) is 39.9 Å². The highest BCUT2D eigenvalue weighted by atomic mass is 16.7. The lowest BCUT2D eigenvalue weighted by Gasteiger charge is -2.49. The van der Waals surface area contributed by atoms with Crippen LogP contribution in [0.4, 0.5) is 0 Å². The van der Waals surface area contributed by atoms with E-state index in [0.717, 1.165) is 31.3 Å². The maximum absolute atomic E-state index is 13.2. The van der Waals surface area contributed by atoms with Crippen LogP contribution >= 0.6 is 0 Å². The number of allylic oxidation sites excluding steroid dienone is 6. The number of aliphatic hydroxyl groups excluding tert-OH is 5. The molecule has 2 saturated heterocycles. The van der Waals surface area contributed by atoms with E-state index in [9.17, 15) is 35.4 Å². The maximum atomic E-state index is 13.2. The van der Waals surface area contributed by atoms with Crippen molar-refractivity contribution in [3.05, 3.63) is 34.9 Å². The number of aliphatic imine (C=N–C) groups is 1. The Hall–Kier alpha value is -2.20. The van der Waals surface area contributed by atoms with E-state index in [0.29, 0.717) is 0 Å². The Labute approximate surface area is 318 Å². The molecule has 310 valence electrons. The van der Waals surface area contributed by atoms with Crippen molar-refractivity contribution < 1.29 is 54.4 Å². The van der Waals surface area contributed by atoms with Crippen LogP contribution in [0, 0.1) is 0 Å². The molecule has 0 aromatic heterocycles. The molecular formula is C37H66N6O11. The molecule has 0 aromatic rings. The van der Waals surface area contributed by atoms with Crippen molar-refractivity contribution in [1.29, 1.82) is 0 Å². The van der Waals surface area contributed by atoms with Gasteiger partial charge in [0, 0.05) is 18.8 Å². The van der Waals surface area contributed by atoms with Gasteiger partial charge < -0.3 is 77.4 Å². The van der Waals surface area contributed by atoms with Crippen LogP contribution in [-0.2, 0) is 23.7 Å². The Morgan fingerprint density at radius 3 is 2.26 bits per heavy atom. The SMILES string of the molecule is CNC1C(O)C(OC2C(O)C(OC3OC(CN)C(O)C(O)C3N)C(N)C[C@@H]2NC(=O)C(O)CN=C/C=C(\C)CC/C=C(\C)CCC=C(C)C)OCC1(C)O. The number of ether oxygens (including phenoxy) is 4. The summed E-state index contributed by atoms with van der Waals surface area (Å²) in [6.07, 6.45) is -2.18. The Kier molecular flexibility index (Phi) is 18.3. The topological polar surface area (TPSA) is 290 Å². The van der Waals surface area contributed by atoms with Crippen molar-refractivity contribution in [2.75, 3.05) is 26.7 Å². The van der Waals surface area contributed by atoms with Gasteiger partial charge in [-0.1, -0.05) is 28.9 Å². The van der Waals surface area contributed by atoms with Crippen LogP contribution in [0.25, 0.3) is 0 Å². The highest BCUT2D eigenvalue weighted by Gasteiger charge is 2.53. The second-order valence-corrected chi connectivity index (χ2v) is 15.3. The molecule has 0 spiro atoms. The summed E-state index contributed by atoms with van der Waals surface area (Å²) in [5, 5.41) is 70.5. The first-order valence-corrected chi connectivity index (χ1v) is 18.8. The van der Waals surface area contributed by atoms with Gasteiger partial charge in [0.05, 0.1) is 31.3 Å². The van der Waals surface area contributed by atoms with Gasteiger partial charge >= 0.3 is 0 Å². The summed E-state index contributed by atoms with van der Waals surface area (Å²) in [6.45, 7) is 9.15. The van der Waals surface area contributed by atoms with Crippen molar-refractivity contribution in [1.82, 2.24) is 10.6 Å². The normalized spacial score (nSPS) is 38.7. The molecule has 54 heavy (non-hydrogen) atoms. The number of carbonyl (C=O) groups is 1. The number of likely N-dealkylation sites (N-methyl/N-ethyl adjacent to an activating group) is 1. The lowest BCUT2D eigenvalue weighted by atomic mass is 9.83. The van der Waals surface area contributed by atoms with Crippen molar-refractivity contribution in [3.8, 4) is 0 Å². The molecule has 1 saturated carbocycles. The molecule has 1 amide bonds. The molecule has 1 aliphatic carbocycles. The fourth-order valence-corrected chi connectivity index (χ4v) is 6.91. The molecule has 0 radical (unpaired) electrons. The number of nitrogens with one attached hydrogen (secondary N) is 2. The second kappa shape index (κ2) is 21.4. The first-order chi connectivity index (χ1) is 25.4. The average molecular weight is 771 g/mol. The van der Waals surface area contributed by atoms with E-state index >= 15 is 0 Å². The predicted octanol–water partition coefficient (Wildman–Crippen LogP) is -2.03. The standard InChI is InChI=1S/C37H66N6O11/c1-19(2)9-7-10-20(3)11-8-12-21(4)13-14-42-17-24(44)34(49)43-23-15-22(39)31(53-35-26(40)28(46)27(45)25(16-38)52-35)29(47)32(23)54-36-30(48)33(41-6)37(5,50)18-51-36/h9,11,13-14,22-33,35-36,41,44-48,50H,7-8,10,12,15-18,38-40H2,1-6H3,(H,43,49)/b20-11+,21-13+,42-14?/t22?,23-,24?,25?,26?,27?,28?,29?,30?,31?,32?,33?,35?,36?,37?/m0/s1. The summed E-state index contributed by atoms with van der Waals surface area (Å²) in [5.74, 6) is -0.805. The summed E-state index contributed by atoms with van der Waals surface area (Å²) < 4.78 is 23.5. The molecule has 17 nitrogen and oxygen atoms in total. The molecule has 3 rings (SSSR count). The summed E-state index contributed by atoms with van der Waals surface area (Å²) in [7, 11) is 1.55. The minimum absolute atomic E-state index is 0.0532. The summed E-state index contributed by atoms with van der Waals surface area (Å²) in [4.78, 5) is 17.4. The molecule has 14 unspecified atom stereocenters. The highest BCUT2D eigenvalue weighted by Crippen LogP contribution is 2.32. The summed E-state index contributed by atoms with van der Waals surface area (Å²) >= 11 is 0. The molecule has 2 aliphatic heterocycles. The zero-order valence-electron chi connectivity index (χ0n) is 32.5. The fraction of sp³-hybridized carbons (Fsp3) is 0.784. The first-order valence-electron chi connectivity index (χ1n) is 18.8. The summed E-state index contributed by atoms with van der Waals surface area (Å²) in [6, 6.07) is -4.12. The van der Waals surface area contributed by atoms with E-state index in [1.807, 2.05) is 13.0 Å². The zero-order chi connectivity index (χ0) is 40.3. The molecular weight excluding hydrogens is 704 g/mol. The lowest BCUT2D eigenvalue weighted by Crippen LogP contribution is -2.70. The zero-order valence-corrected chi connectivity index (χ0v) is 32.5. The minimum atomic E-state index is -1.61. The smallest absolute Gasteiger partial charge is 0.251 e. The van der Waals surface area contributed by atoms with Crippen LogP contribution in [0.5, 0.6) is 0 Å². The second-order valence-electron chi connectivity index (χ2n) is 15.3. The van der Waals surface area contributed by atoms with Crippen molar-refractivity contribution in [2.24, 2.45) is 22.2 Å². The number of rotatable bonds is 17. The van der Waals surface area contributed by atoms with E-state index in [4.69, 9.17) is 36.1 Å². The van der Waals surface area contributed by atoms with Crippen molar-refractivity contribution >= 4 is 12.1 Å². The van der Waals surface area contributed by atoms with Gasteiger partial charge in [-0.05, 0) is 79.8 Å². The molecule has 3 aliphatic rings. The third kappa shape index (κ3) is 12.7. The average Bonchev–Trinajstić information content (AvgIpc) is 3.10. The van der Waals surface area contributed by atoms with Gasteiger partial charge in [-0.2, -0.15) is 0 Å². The van der Waals surface area contributed by atoms with Crippen LogP contribution in [0.3, 0.4) is 0 Å². The number of aliphatic hydroxyl groups is 6. The molecule has 17 heteroatoms. The predicted molar refractivity (Wildman–Crippen MR) is 202 cm³/mol. The van der Waals surface area contributed by atoms with Crippen LogP contribution in [0.1, 0.15) is 66.7 Å². The number of amides is 1. The maximum Gasteiger partial charge on any atom is 0.251 e. The van der Waals surface area contributed by atoms with E-state index < -0.39 is 97.1 Å². The molecule has 3 fully saturated rings. The largest absolute Gasteiger partial charge is 0.388 e. The van der Waals surface area contributed by atoms with Crippen molar-refractivity contribution in [2.45, 2.75) is 158 Å². The summed E-state index contributed by atoms with van der Waals surface area (Å²) in [5.41, 5.74) is 20.5. The quantitative estimate of drug-likeness (QED) is 0.0562. The van der Waals surface area contributed by atoms with E-state index in [1.54, 1.807) is 13.3 Å². The van der Waals surface area contributed by atoms with Crippen LogP contribution in [-0.4, -0.2) is 161 Å². The number of hydrogen-bond acceptors (Lipinski definition) is 16. The minimum Gasteiger partial charge on any atom is -0.388 e. The highest BCUT2D eigenvalue weighted by molar-refractivity contribution is 5.81. The molecule has 14 N–H and O–H groups in total. The Bertz CT molecular complexity index is 1310. The van der Waals surface area contributed by atoms with Crippen LogP contribution in [0.2, 0.25) is 0 Å². The van der Waals surface area contributed by atoms with E-state index in [-0.39, 0.29) is 26.1 Å². The molecule has 0 aromatic carbocycles. The Morgan fingerprint density at radius 1 is 0.963 bits per heavy atom. The van der Waals surface area contributed by atoms with Gasteiger partial charge in [0.1, 0.15) is 48.3 Å². The third-order valence-corrected chi connectivity index (χ3v) is 10.2. The monoisotopic (exact) mass is 770 g/mol. The van der Waals surface area contributed by atoms with Crippen LogP contribution < -0.4 is 27.8 Å². The van der Waals surface area contributed by atoms with Gasteiger partial charge in [0.15, 0.2) is 18.7 Å². The Balaban J connectivity index is 1.69. The van der Waals surface area contributed by atoms with E-state index in [2.05, 4.69) is 48.5 Å². The molecule has 0 bridgehead atoms. The lowest BCUT2D eigenvalue weighted by molar-refractivity contribution is -0.315. The van der Waals surface area contributed by atoms with E-state index in [1.165, 1.54) is 18.1 Å². The number of nitrogens with zero attached hydrogens (tertiary/aromatic N) is 1. The van der Waals surface area contributed by atoms with Crippen molar-refractivity contribution in [3.63, 3.8) is 0 Å². The third-order valence-electron chi connectivity index (χ3n) is 10.2. The number of nitrogens with two attached hydrogens (primary N) is 3. The van der Waals surface area contributed by atoms with Gasteiger partial charge in [-0.15, -0.1) is 0 Å². The first kappa shape index (κ1) is 46.2.